The fourth-order valence-electron chi connectivity index (χ4n) is 3.23. The van der Waals surface area contributed by atoms with Gasteiger partial charge in [0, 0.05) is 40.1 Å². The molecule has 3 amide bonds. The maximum Gasteiger partial charge on any atom is 0.321 e. The third kappa shape index (κ3) is 4.49. The van der Waals surface area contributed by atoms with E-state index in [1.165, 1.54) is 6.08 Å². The normalized spacial score (nSPS) is 13.6. The van der Waals surface area contributed by atoms with Gasteiger partial charge in [-0.1, -0.05) is 28.1 Å². The average molecular weight is 477 g/mol. The van der Waals surface area contributed by atoms with Gasteiger partial charge in [0.05, 0.1) is 11.9 Å². The number of halogens is 1. The van der Waals surface area contributed by atoms with Crippen molar-refractivity contribution in [2.75, 3.05) is 23.3 Å². The van der Waals surface area contributed by atoms with Crippen LogP contribution in [0.25, 0.3) is 17.3 Å². The summed E-state index contributed by atoms with van der Waals surface area (Å²) in [4.78, 5) is 26.0. The summed E-state index contributed by atoms with van der Waals surface area (Å²) in [6, 6.07) is 16.3. The second-order valence-electron chi connectivity index (χ2n) is 6.77. The molecule has 0 radical (unpaired) electrons. The zero-order valence-electron chi connectivity index (χ0n) is 16.2. The average Bonchev–Trinajstić information content (AvgIpc) is 3.41. The first-order valence-electron chi connectivity index (χ1n) is 9.43. The number of benzene rings is 2. The molecule has 0 atom stereocenters. The SMILES string of the molecule is N#C/C(=C\c1cn[nH]c1-c1cccc(Br)c1)C(=O)Nc1ccc(N2CCNC2=O)cc1. The number of hydrogen-bond donors (Lipinski definition) is 3. The van der Waals surface area contributed by atoms with Crippen molar-refractivity contribution in [1.29, 1.82) is 5.26 Å². The van der Waals surface area contributed by atoms with Gasteiger partial charge in [0.25, 0.3) is 5.91 Å². The van der Waals surface area contributed by atoms with E-state index in [-0.39, 0.29) is 11.6 Å². The Morgan fingerprint density at radius 2 is 2.06 bits per heavy atom. The number of amides is 3. The van der Waals surface area contributed by atoms with Crippen LogP contribution in [-0.2, 0) is 4.79 Å². The maximum absolute atomic E-state index is 12.7. The van der Waals surface area contributed by atoms with Crippen molar-refractivity contribution >= 4 is 45.3 Å². The molecule has 31 heavy (non-hydrogen) atoms. The third-order valence-electron chi connectivity index (χ3n) is 4.74. The van der Waals surface area contributed by atoms with E-state index in [4.69, 9.17) is 0 Å². The lowest BCUT2D eigenvalue weighted by molar-refractivity contribution is -0.112. The quantitative estimate of drug-likeness (QED) is 0.382. The van der Waals surface area contributed by atoms with E-state index in [1.807, 2.05) is 30.3 Å². The number of aromatic amines is 1. The molecule has 0 bridgehead atoms. The van der Waals surface area contributed by atoms with E-state index in [0.29, 0.717) is 30.0 Å². The van der Waals surface area contributed by atoms with Crippen molar-refractivity contribution in [1.82, 2.24) is 15.5 Å². The highest BCUT2D eigenvalue weighted by Gasteiger charge is 2.21. The molecule has 0 spiro atoms. The molecule has 8 nitrogen and oxygen atoms in total. The second kappa shape index (κ2) is 8.85. The first kappa shape index (κ1) is 20.4. The lowest BCUT2D eigenvalue weighted by Crippen LogP contribution is -2.27. The van der Waals surface area contributed by atoms with Gasteiger partial charge >= 0.3 is 6.03 Å². The van der Waals surface area contributed by atoms with E-state index in [0.717, 1.165) is 15.7 Å². The summed E-state index contributed by atoms with van der Waals surface area (Å²) in [5, 5.41) is 21.9. The molecule has 0 unspecified atom stereocenters. The van der Waals surface area contributed by atoms with Crippen LogP contribution in [0.4, 0.5) is 16.2 Å². The Morgan fingerprint density at radius 1 is 1.26 bits per heavy atom. The highest BCUT2D eigenvalue weighted by Crippen LogP contribution is 2.26. The van der Waals surface area contributed by atoms with Crippen LogP contribution in [0.5, 0.6) is 0 Å². The number of urea groups is 1. The predicted molar refractivity (Wildman–Crippen MR) is 121 cm³/mol. The van der Waals surface area contributed by atoms with E-state index < -0.39 is 5.91 Å². The number of nitrogens with zero attached hydrogens (tertiary/aromatic N) is 3. The van der Waals surface area contributed by atoms with Gasteiger partial charge in [-0.25, -0.2) is 4.79 Å². The summed E-state index contributed by atoms with van der Waals surface area (Å²) < 4.78 is 0.905. The summed E-state index contributed by atoms with van der Waals surface area (Å²) >= 11 is 3.44. The second-order valence-corrected chi connectivity index (χ2v) is 7.68. The molecule has 4 rings (SSSR count). The van der Waals surface area contributed by atoms with Gasteiger partial charge in [0.2, 0.25) is 0 Å². The molecular weight excluding hydrogens is 460 g/mol. The van der Waals surface area contributed by atoms with Gasteiger partial charge in [-0.2, -0.15) is 10.4 Å². The Labute approximate surface area is 186 Å². The van der Waals surface area contributed by atoms with Crippen molar-refractivity contribution in [3.05, 3.63) is 70.3 Å². The summed E-state index contributed by atoms with van der Waals surface area (Å²) in [6.45, 7) is 1.19. The van der Waals surface area contributed by atoms with Crippen LogP contribution >= 0.6 is 15.9 Å². The lowest BCUT2D eigenvalue weighted by Gasteiger charge is -2.14. The number of carbonyl (C=O) groups is 2. The molecule has 3 N–H and O–H groups in total. The van der Waals surface area contributed by atoms with Crippen molar-refractivity contribution in [3.63, 3.8) is 0 Å². The number of carbonyl (C=O) groups excluding carboxylic acids is 2. The van der Waals surface area contributed by atoms with Crippen molar-refractivity contribution < 1.29 is 9.59 Å². The lowest BCUT2D eigenvalue weighted by atomic mass is 10.1. The van der Waals surface area contributed by atoms with Gasteiger partial charge in [-0.15, -0.1) is 0 Å². The standard InChI is InChI=1S/C22H17BrN6O2/c23-17-3-1-2-14(11-17)20-16(13-26-28-20)10-15(12-24)21(30)27-18-4-6-19(7-5-18)29-9-8-25-22(29)31/h1-7,10-11,13H,8-9H2,(H,25,31)(H,26,28)(H,27,30)/b15-10+. The highest BCUT2D eigenvalue weighted by molar-refractivity contribution is 9.10. The van der Waals surface area contributed by atoms with E-state index >= 15 is 0 Å². The number of nitriles is 1. The first-order valence-corrected chi connectivity index (χ1v) is 10.2. The Kier molecular flexibility index (Phi) is 5.82. The van der Waals surface area contributed by atoms with E-state index in [2.05, 4.69) is 36.8 Å². The molecule has 0 aliphatic carbocycles. The number of anilines is 2. The maximum atomic E-state index is 12.7. The summed E-state index contributed by atoms with van der Waals surface area (Å²) in [6.07, 6.45) is 3.06. The molecule has 1 aromatic heterocycles. The topological polar surface area (TPSA) is 114 Å². The van der Waals surface area contributed by atoms with Crippen LogP contribution in [0, 0.1) is 11.3 Å². The van der Waals surface area contributed by atoms with Crippen LogP contribution in [0.1, 0.15) is 5.56 Å². The third-order valence-corrected chi connectivity index (χ3v) is 5.23. The van der Waals surface area contributed by atoms with Gasteiger partial charge in [0.1, 0.15) is 11.6 Å². The minimum absolute atomic E-state index is 0.0550. The van der Waals surface area contributed by atoms with Crippen LogP contribution in [-0.4, -0.2) is 35.2 Å². The van der Waals surface area contributed by atoms with Crippen molar-refractivity contribution in [2.45, 2.75) is 0 Å². The zero-order valence-corrected chi connectivity index (χ0v) is 17.8. The molecule has 2 aromatic carbocycles. The fourth-order valence-corrected chi connectivity index (χ4v) is 3.62. The molecule has 3 aromatic rings. The predicted octanol–water partition coefficient (Wildman–Crippen LogP) is 3.91. The molecule has 154 valence electrons. The number of nitrogens with one attached hydrogen (secondary N) is 3. The largest absolute Gasteiger partial charge is 0.336 e. The monoisotopic (exact) mass is 476 g/mol. The molecule has 9 heteroatoms. The Balaban J connectivity index is 1.52. The van der Waals surface area contributed by atoms with Crippen LogP contribution in [0.2, 0.25) is 0 Å². The Morgan fingerprint density at radius 3 is 2.74 bits per heavy atom. The first-order chi connectivity index (χ1) is 15.0. The van der Waals surface area contributed by atoms with Gasteiger partial charge < -0.3 is 10.6 Å². The molecule has 2 heterocycles. The van der Waals surface area contributed by atoms with E-state index in [1.54, 1.807) is 35.4 Å². The summed E-state index contributed by atoms with van der Waals surface area (Å²) in [7, 11) is 0. The number of hydrogen-bond acceptors (Lipinski definition) is 4. The Bertz CT molecular complexity index is 1210. The number of aromatic nitrogens is 2. The zero-order chi connectivity index (χ0) is 21.8. The Hall–Kier alpha value is -3.90. The van der Waals surface area contributed by atoms with Crippen LogP contribution < -0.4 is 15.5 Å². The number of rotatable bonds is 5. The number of H-pyrrole nitrogens is 1. The minimum Gasteiger partial charge on any atom is -0.336 e. The molecule has 1 saturated heterocycles. The fraction of sp³-hybridized carbons (Fsp3) is 0.0909. The van der Waals surface area contributed by atoms with Crippen molar-refractivity contribution in [2.24, 2.45) is 0 Å². The molecule has 0 saturated carbocycles. The van der Waals surface area contributed by atoms with Crippen molar-refractivity contribution in [3.8, 4) is 17.3 Å². The molecule has 1 aliphatic rings. The summed E-state index contributed by atoms with van der Waals surface area (Å²) in [5.74, 6) is -0.532. The molecule has 1 aliphatic heterocycles. The van der Waals surface area contributed by atoms with Crippen LogP contribution in [0.15, 0.2) is 64.8 Å². The van der Waals surface area contributed by atoms with E-state index in [9.17, 15) is 14.9 Å². The van der Waals surface area contributed by atoms with Gasteiger partial charge in [-0.3, -0.25) is 14.8 Å². The highest BCUT2D eigenvalue weighted by atomic mass is 79.9. The molecule has 1 fully saturated rings. The van der Waals surface area contributed by atoms with Crippen LogP contribution in [0.3, 0.4) is 0 Å². The smallest absolute Gasteiger partial charge is 0.321 e. The minimum atomic E-state index is -0.532. The molecular formula is C22H17BrN6O2. The summed E-state index contributed by atoms with van der Waals surface area (Å²) in [5.41, 5.74) is 3.41. The van der Waals surface area contributed by atoms with Gasteiger partial charge in [0.15, 0.2) is 0 Å². The van der Waals surface area contributed by atoms with Gasteiger partial charge in [-0.05, 0) is 42.5 Å².